The van der Waals surface area contributed by atoms with Crippen molar-refractivity contribution >= 4 is 28.9 Å². The number of rotatable bonds is 4. The second-order valence-electron chi connectivity index (χ2n) is 4.69. The van der Waals surface area contributed by atoms with Gasteiger partial charge in [-0.05, 0) is 49.7 Å². The molecule has 0 unspecified atom stereocenters. The van der Waals surface area contributed by atoms with Crippen LogP contribution in [0.5, 0.6) is 0 Å². The van der Waals surface area contributed by atoms with Crippen molar-refractivity contribution in [3.63, 3.8) is 0 Å². The predicted molar refractivity (Wildman–Crippen MR) is 84.7 cm³/mol. The fraction of sp³-hybridized carbons (Fsp3) is 0.188. The third kappa shape index (κ3) is 3.95. The Morgan fingerprint density at radius 3 is 2.67 bits per heavy atom. The Morgan fingerprint density at radius 1 is 1.24 bits per heavy atom. The lowest BCUT2D eigenvalue weighted by Gasteiger charge is -2.12. The van der Waals surface area contributed by atoms with Gasteiger partial charge >= 0.3 is 0 Å². The van der Waals surface area contributed by atoms with Gasteiger partial charge in [0.05, 0.1) is 5.56 Å². The van der Waals surface area contributed by atoms with Gasteiger partial charge in [-0.2, -0.15) is 0 Å². The first-order chi connectivity index (χ1) is 9.99. The summed E-state index contributed by atoms with van der Waals surface area (Å²) in [6, 6.07) is 9.41. The van der Waals surface area contributed by atoms with Gasteiger partial charge < -0.3 is 10.6 Å². The predicted octanol–water partition coefficient (Wildman–Crippen LogP) is 4.47. The number of hydrogen-bond acceptors (Lipinski definition) is 2. The van der Waals surface area contributed by atoms with Crippen molar-refractivity contribution in [2.24, 2.45) is 0 Å². The van der Waals surface area contributed by atoms with E-state index in [1.54, 1.807) is 6.07 Å². The third-order valence-corrected chi connectivity index (χ3v) is 3.13. The number of benzene rings is 2. The van der Waals surface area contributed by atoms with Crippen LogP contribution in [0.15, 0.2) is 36.4 Å². The van der Waals surface area contributed by atoms with Crippen molar-refractivity contribution < 1.29 is 9.18 Å². The minimum atomic E-state index is -0.492. The van der Waals surface area contributed by atoms with Gasteiger partial charge in [0.25, 0.3) is 5.91 Å². The van der Waals surface area contributed by atoms with Crippen LogP contribution >= 0.6 is 11.6 Å². The standard InChI is InChI=1S/C16H16ClFN2O/c1-3-19-15-6-10(2)4-5-14(15)16(21)20-13-8-11(17)7-12(18)9-13/h4-9,19H,3H2,1-2H3,(H,20,21). The fourth-order valence-corrected chi connectivity index (χ4v) is 2.24. The summed E-state index contributed by atoms with van der Waals surface area (Å²) < 4.78 is 13.3. The first kappa shape index (κ1) is 15.3. The smallest absolute Gasteiger partial charge is 0.257 e. The van der Waals surface area contributed by atoms with Crippen LogP contribution in [-0.4, -0.2) is 12.5 Å². The molecule has 2 rings (SSSR count). The molecule has 21 heavy (non-hydrogen) atoms. The molecular weight excluding hydrogens is 291 g/mol. The molecule has 3 nitrogen and oxygen atoms in total. The number of hydrogen-bond donors (Lipinski definition) is 2. The lowest BCUT2D eigenvalue weighted by atomic mass is 10.1. The molecule has 2 N–H and O–H groups in total. The number of carbonyl (C=O) groups excluding carboxylic acids is 1. The summed E-state index contributed by atoms with van der Waals surface area (Å²) in [5.41, 5.74) is 2.63. The van der Waals surface area contributed by atoms with E-state index in [2.05, 4.69) is 10.6 Å². The average molecular weight is 307 g/mol. The molecule has 2 aromatic rings. The van der Waals surface area contributed by atoms with Gasteiger partial charge in [-0.15, -0.1) is 0 Å². The van der Waals surface area contributed by atoms with Gasteiger partial charge in [0, 0.05) is 22.9 Å². The van der Waals surface area contributed by atoms with Gasteiger partial charge in [-0.3, -0.25) is 4.79 Å². The summed E-state index contributed by atoms with van der Waals surface area (Å²) in [6.45, 7) is 4.61. The highest BCUT2D eigenvalue weighted by Gasteiger charge is 2.12. The summed E-state index contributed by atoms with van der Waals surface area (Å²) in [5, 5.41) is 6.04. The van der Waals surface area contributed by atoms with Gasteiger partial charge in [0.2, 0.25) is 0 Å². The second kappa shape index (κ2) is 6.59. The Hall–Kier alpha value is -2.07. The van der Waals surface area contributed by atoms with Crippen LogP contribution in [-0.2, 0) is 0 Å². The highest BCUT2D eigenvalue weighted by atomic mass is 35.5. The molecule has 1 amide bonds. The summed E-state index contributed by atoms with van der Waals surface area (Å²) in [7, 11) is 0. The van der Waals surface area contributed by atoms with Crippen LogP contribution in [0.4, 0.5) is 15.8 Å². The first-order valence-corrected chi connectivity index (χ1v) is 6.99. The molecule has 0 aliphatic rings. The van der Waals surface area contributed by atoms with E-state index in [0.717, 1.165) is 11.3 Å². The van der Waals surface area contributed by atoms with E-state index in [-0.39, 0.29) is 10.9 Å². The van der Waals surface area contributed by atoms with Crippen LogP contribution < -0.4 is 10.6 Å². The van der Waals surface area contributed by atoms with Gasteiger partial charge in [-0.1, -0.05) is 17.7 Å². The number of anilines is 2. The molecule has 0 saturated heterocycles. The maximum atomic E-state index is 13.3. The number of nitrogens with one attached hydrogen (secondary N) is 2. The number of aryl methyl sites for hydroxylation is 1. The van der Waals surface area contributed by atoms with E-state index >= 15 is 0 Å². The highest BCUT2D eigenvalue weighted by Crippen LogP contribution is 2.22. The summed E-state index contributed by atoms with van der Waals surface area (Å²) in [4.78, 5) is 12.3. The molecule has 2 aromatic carbocycles. The zero-order valence-corrected chi connectivity index (χ0v) is 12.6. The molecule has 0 radical (unpaired) electrons. The van der Waals surface area contributed by atoms with Crippen LogP contribution in [0.3, 0.4) is 0 Å². The number of amides is 1. The topological polar surface area (TPSA) is 41.1 Å². The Labute approximate surface area is 128 Å². The van der Waals surface area contributed by atoms with Crippen molar-refractivity contribution in [2.75, 3.05) is 17.2 Å². The molecule has 0 atom stereocenters. The normalized spacial score (nSPS) is 10.3. The van der Waals surface area contributed by atoms with Crippen LogP contribution in [0, 0.1) is 12.7 Å². The van der Waals surface area contributed by atoms with E-state index in [9.17, 15) is 9.18 Å². The summed E-state index contributed by atoms with van der Waals surface area (Å²) in [6.07, 6.45) is 0. The highest BCUT2D eigenvalue weighted by molar-refractivity contribution is 6.31. The Morgan fingerprint density at radius 2 is 2.00 bits per heavy atom. The quantitative estimate of drug-likeness (QED) is 0.875. The maximum Gasteiger partial charge on any atom is 0.257 e. The fourth-order valence-electron chi connectivity index (χ4n) is 2.02. The molecule has 0 bridgehead atoms. The molecule has 0 spiro atoms. The van der Waals surface area contributed by atoms with E-state index in [1.165, 1.54) is 18.2 Å². The molecule has 0 aromatic heterocycles. The van der Waals surface area contributed by atoms with E-state index in [1.807, 2.05) is 26.0 Å². The SMILES string of the molecule is CCNc1cc(C)ccc1C(=O)Nc1cc(F)cc(Cl)c1. The molecule has 0 fully saturated rings. The third-order valence-electron chi connectivity index (χ3n) is 2.91. The van der Waals surface area contributed by atoms with Crippen LogP contribution in [0.1, 0.15) is 22.8 Å². The van der Waals surface area contributed by atoms with Crippen molar-refractivity contribution in [3.8, 4) is 0 Å². The van der Waals surface area contributed by atoms with Crippen molar-refractivity contribution in [1.29, 1.82) is 0 Å². The Kier molecular flexibility index (Phi) is 4.81. The van der Waals surface area contributed by atoms with E-state index in [0.29, 0.717) is 17.8 Å². The van der Waals surface area contributed by atoms with Gasteiger partial charge in [0.1, 0.15) is 5.82 Å². The lowest BCUT2D eigenvalue weighted by molar-refractivity contribution is 0.102. The minimum Gasteiger partial charge on any atom is -0.385 e. The van der Waals surface area contributed by atoms with Crippen molar-refractivity contribution in [1.82, 2.24) is 0 Å². The lowest BCUT2D eigenvalue weighted by Crippen LogP contribution is -2.15. The van der Waals surface area contributed by atoms with Crippen LogP contribution in [0.25, 0.3) is 0 Å². The van der Waals surface area contributed by atoms with Gasteiger partial charge in [0.15, 0.2) is 0 Å². The monoisotopic (exact) mass is 306 g/mol. The van der Waals surface area contributed by atoms with Crippen molar-refractivity contribution in [2.45, 2.75) is 13.8 Å². The first-order valence-electron chi connectivity index (χ1n) is 6.61. The average Bonchev–Trinajstić information content (AvgIpc) is 2.37. The maximum absolute atomic E-state index is 13.3. The summed E-state index contributed by atoms with van der Waals surface area (Å²) >= 11 is 5.78. The molecular formula is C16H16ClFN2O. The largest absolute Gasteiger partial charge is 0.385 e. The van der Waals surface area contributed by atoms with Crippen molar-refractivity contribution in [3.05, 3.63) is 58.4 Å². The Balaban J connectivity index is 2.27. The minimum absolute atomic E-state index is 0.237. The van der Waals surface area contributed by atoms with E-state index in [4.69, 9.17) is 11.6 Å². The molecule has 110 valence electrons. The molecule has 0 saturated carbocycles. The number of halogens is 2. The molecule has 5 heteroatoms. The molecule has 0 aliphatic heterocycles. The zero-order valence-electron chi connectivity index (χ0n) is 11.8. The molecule has 0 heterocycles. The summed E-state index contributed by atoms with van der Waals surface area (Å²) in [5.74, 6) is -0.804. The van der Waals surface area contributed by atoms with Gasteiger partial charge in [-0.25, -0.2) is 4.39 Å². The Bertz CT molecular complexity index is 653. The van der Waals surface area contributed by atoms with E-state index < -0.39 is 5.82 Å². The zero-order chi connectivity index (χ0) is 15.4. The number of carbonyl (C=O) groups is 1. The molecule has 0 aliphatic carbocycles. The second-order valence-corrected chi connectivity index (χ2v) is 5.13. The van der Waals surface area contributed by atoms with Crippen LogP contribution in [0.2, 0.25) is 5.02 Å².